The largest absolute Gasteiger partial charge is 0.423 e. The Morgan fingerprint density at radius 3 is 2.63 bits per heavy atom. The van der Waals surface area contributed by atoms with Gasteiger partial charge in [0.05, 0.1) is 12.6 Å². The van der Waals surface area contributed by atoms with Gasteiger partial charge >= 0.3 is 0 Å². The van der Waals surface area contributed by atoms with Crippen LogP contribution in [0.1, 0.15) is 51.8 Å². The summed E-state index contributed by atoms with van der Waals surface area (Å²) in [6.07, 6.45) is 3.97. The van der Waals surface area contributed by atoms with E-state index in [1.54, 1.807) is 0 Å². The first kappa shape index (κ1) is 14.5. The Labute approximate surface area is 115 Å². The Morgan fingerprint density at radius 2 is 2.05 bits per heavy atom. The van der Waals surface area contributed by atoms with Crippen molar-refractivity contribution in [2.75, 3.05) is 20.2 Å². The molecule has 108 valence electrons. The molecule has 0 radical (unpaired) electrons. The Morgan fingerprint density at radius 1 is 1.26 bits per heavy atom. The minimum atomic E-state index is -0.0870. The van der Waals surface area contributed by atoms with E-state index >= 15 is 0 Å². The van der Waals surface area contributed by atoms with Gasteiger partial charge in [-0.2, -0.15) is 0 Å². The van der Waals surface area contributed by atoms with E-state index < -0.39 is 0 Å². The Kier molecular flexibility index (Phi) is 4.58. The van der Waals surface area contributed by atoms with E-state index in [0.29, 0.717) is 24.4 Å². The van der Waals surface area contributed by atoms with Crippen molar-refractivity contribution in [3.63, 3.8) is 0 Å². The predicted octanol–water partition coefficient (Wildman–Crippen LogP) is 2.37. The molecule has 2 rings (SSSR count). The summed E-state index contributed by atoms with van der Waals surface area (Å²) in [6, 6.07) is 0. The molecule has 0 aromatic carbocycles. The van der Waals surface area contributed by atoms with Crippen molar-refractivity contribution in [3.8, 4) is 0 Å². The molecule has 2 heterocycles. The highest BCUT2D eigenvalue weighted by Crippen LogP contribution is 2.21. The summed E-state index contributed by atoms with van der Waals surface area (Å²) in [7, 11) is 2.07. The Balaban J connectivity index is 1.84. The first-order valence-corrected chi connectivity index (χ1v) is 7.08. The second-order valence-corrected chi connectivity index (χ2v) is 6.44. The van der Waals surface area contributed by atoms with Gasteiger partial charge in [-0.05, 0) is 26.3 Å². The summed E-state index contributed by atoms with van der Waals surface area (Å²) >= 11 is 0. The lowest BCUT2D eigenvalue weighted by Gasteiger charge is -2.26. The molecule has 1 aliphatic heterocycles. The zero-order chi connectivity index (χ0) is 13.9. The Hall–Kier alpha value is -0.940. The lowest BCUT2D eigenvalue weighted by Crippen LogP contribution is -2.33. The van der Waals surface area contributed by atoms with E-state index in [1.807, 2.05) is 0 Å². The fourth-order valence-corrected chi connectivity index (χ4v) is 2.22. The van der Waals surface area contributed by atoms with E-state index in [4.69, 9.17) is 9.15 Å². The third-order valence-corrected chi connectivity index (χ3v) is 3.30. The van der Waals surface area contributed by atoms with E-state index in [9.17, 15) is 0 Å². The van der Waals surface area contributed by atoms with Crippen LogP contribution in [0.3, 0.4) is 0 Å². The van der Waals surface area contributed by atoms with Gasteiger partial charge in [0.15, 0.2) is 0 Å². The van der Waals surface area contributed by atoms with Gasteiger partial charge in [-0.15, -0.1) is 10.2 Å². The molecule has 0 amide bonds. The van der Waals surface area contributed by atoms with Crippen LogP contribution >= 0.6 is 0 Å². The number of likely N-dealkylation sites (N-methyl/N-ethyl adjacent to an activating group) is 1. The summed E-state index contributed by atoms with van der Waals surface area (Å²) < 4.78 is 11.4. The fourth-order valence-electron chi connectivity index (χ4n) is 2.22. The molecule has 0 spiro atoms. The van der Waals surface area contributed by atoms with Crippen molar-refractivity contribution in [1.82, 2.24) is 15.1 Å². The molecular formula is C14H25N3O2. The molecule has 0 bridgehead atoms. The van der Waals surface area contributed by atoms with Crippen LogP contribution in [0.5, 0.6) is 0 Å². The number of ether oxygens (including phenoxy) is 1. The highest BCUT2D eigenvalue weighted by atomic mass is 16.5. The first-order valence-electron chi connectivity index (χ1n) is 7.08. The number of aromatic nitrogens is 2. The smallest absolute Gasteiger partial charge is 0.230 e. The van der Waals surface area contributed by atoms with Crippen LogP contribution in [0.2, 0.25) is 0 Å². The second kappa shape index (κ2) is 6.01. The van der Waals surface area contributed by atoms with Crippen LogP contribution < -0.4 is 0 Å². The monoisotopic (exact) mass is 267 g/mol. The van der Waals surface area contributed by atoms with Crippen molar-refractivity contribution in [1.29, 1.82) is 0 Å². The van der Waals surface area contributed by atoms with Gasteiger partial charge < -0.3 is 9.15 Å². The highest BCUT2D eigenvalue weighted by molar-refractivity contribution is 4.96. The molecule has 1 unspecified atom stereocenters. The van der Waals surface area contributed by atoms with E-state index in [-0.39, 0.29) is 5.41 Å². The maximum atomic E-state index is 5.74. The van der Waals surface area contributed by atoms with E-state index in [1.165, 1.54) is 12.8 Å². The number of nitrogens with zero attached hydrogens (tertiary/aromatic N) is 3. The summed E-state index contributed by atoms with van der Waals surface area (Å²) in [5, 5.41) is 8.23. The minimum absolute atomic E-state index is 0.0870. The van der Waals surface area contributed by atoms with Crippen molar-refractivity contribution in [3.05, 3.63) is 11.8 Å². The number of rotatable bonds is 4. The van der Waals surface area contributed by atoms with Crippen LogP contribution in [-0.2, 0) is 16.7 Å². The molecule has 1 aromatic rings. The van der Waals surface area contributed by atoms with Gasteiger partial charge in [0.25, 0.3) is 0 Å². The van der Waals surface area contributed by atoms with Crippen LogP contribution in [0, 0.1) is 0 Å². The Bertz CT molecular complexity index is 392. The zero-order valence-corrected chi connectivity index (χ0v) is 12.5. The SMILES string of the molecule is CN(Cc1nnc(C(C)(C)C)o1)CC1CCCCO1. The van der Waals surface area contributed by atoms with E-state index in [2.05, 4.69) is 42.9 Å². The van der Waals surface area contributed by atoms with Crippen LogP contribution in [-0.4, -0.2) is 41.4 Å². The maximum absolute atomic E-state index is 5.74. The zero-order valence-electron chi connectivity index (χ0n) is 12.5. The molecule has 5 heteroatoms. The molecule has 0 N–H and O–H groups in total. The number of hydrogen-bond donors (Lipinski definition) is 0. The molecule has 1 aromatic heterocycles. The van der Waals surface area contributed by atoms with E-state index in [0.717, 1.165) is 19.6 Å². The van der Waals surface area contributed by atoms with Gasteiger partial charge in [0, 0.05) is 18.6 Å². The van der Waals surface area contributed by atoms with Crippen LogP contribution in [0.4, 0.5) is 0 Å². The summed E-state index contributed by atoms with van der Waals surface area (Å²) in [5.41, 5.74) is -0.0870. The van der Waals surface area contributed by atoms with Crippen LogP contribution in [0.15, 0.2) is 4.42 Å². The van der Waals surface area contributed by atoms with Crippen molar-refractivity contribution in [2.24, 2.45) is 0 Å². The quantitative estimate of drug-likeness (QED) is 0.838. The minimum Gasteiger partial charge on any atom is -0.423 e. The predicted molar refractivity (Wildman–Crippen MR) is 72.9 cm³/mol. The van der Waals surface area contributed by atoms with Gasteiger partial charge in [-0.25, -0.2) is 0 Å². The van der Waals surface area contributed by atoms with Gasteiger partial charge in [-0.1, -0.05) is 20.8 Å². The summed E-state index contributed by atoms with van der Waals surface area (Å²) in [4.78, 5) is 2.19. The molecule has 1 saturated heterocycles. The molecule has 19 heavy (non-hydrogen) atoms. The molecular weight excluding hydrogens is 242 g/mol. The van der Waals surface area contributed by atoms with Crippen molar-refractivity contribution < 1.29 is 9.15 Å². The second-order valence-electron chi connectivity index (χ2n) is 6.44. The van der Waals surface area contributed by atoms with Crippen molar-refractivity contribution >= 4 is 0 Å². The lowest BCUT2D eigenvalue weighted by molar-refractivity contribution is -0.00368. The van der Waals surface area contributed by atoms with Gasteiger partial charge in [0.2, 0.25) is 11.8 Å². The molecule has 0 saturated carbocycles. The van der Waals surface area contributed by atoms with Gasteiger partial charge in [0.1, 0.15) is 0 Å². The topological polar surface area (TPSA) is 51.4 Å². The van der Waals surface area contributed by atoms with Gasteiger partial charge in [-0.3, -0.25) is 4.90 Å². The average Bonchev–Trinajstić information content (AvgIpc) is 2.78. The average molecular weight is 267 g/mol. The molecule has 0 aliphatic carbocycles. The normalized spacial score (nSPS) is 21.0. The van der Waals surface area contributed by atoms with Crippen LogP contribution in [0.25, 0.3) is 0 Å². The lowest BCUT2D eigenvalue weighted by atomic mass is 9.97. The highest BCUT2D eigenvalue weighted by Gasteiger charge is 2.22. The standard InChI is InChI=1S/C14H25N3O2/c1-14(2,3)13-16-15-12(19-13)10-17(4)9-11-7-5-6-8-18-11/h11H,5-10H2,1-4H3. The number of hydrogen-bond acceptors (Lipinski definition) is 5. The fraction of sp³-hybridized carbons (Fsp3) is 0.857. The molecule has 1 atom stereocenters. The maximum Gasteiger partial charge on any atom is 0.230 e. The summed E-state index contributed by atoms with van der Waals surface area (Å²) in [5.74, 6) is 1.38. The third kappa shape index (κ3) is 4.28. The first-order chi connectivity index (χ1) is 8.95. The summed E-state index contributed by atoms with van der Waals surface area (Å²) in [6.45, 7) is 8.72. The molecule has 1 aliphatic rings. The molecule has 5 nitrogen and oxygen atoms in total. The molecule has 1 fully saturated rings. The third-order valence-electron chi connectivity index (χ3n) is 3.30. The van der Waals surface area contributed by atoms with Crippen molar-refractivity contribution in [2.45, 2.75) is 58.1 Å².